The number of carbonyl (C=O) groups excluding carboxylic acids is 2. The lowest BCUT2D eigenvalue weighted by Gasteiger charge is -2.31. The van der Waals surface area contributed by atoms with E-state index < -0.39 is 0 Å². The first-order valence-corrected chi connectivity index (χ1v) is 12.3. The maximum absolute atomic E-state index is 13.3. The highest BCUT2D eigenvalue weighted by Crippen LogP contribution is 2.22. The van der Waals surface area contributed by atoms with Crippen molar-refractivity contribution in [1.29, 1.82) is 0 Å². The number of hydrogen-bond acceptors (Lipinski definition) is 6. The van der Waals surface area contributed by atoms with E-state index in [2.05, 4.69) is 15.1 Å². The Kier molecular flexibility index (Phi) is 8.62. The first-order chi connectivity index (χ1) is 17.6. The van der Waals surface area contributed by atoms with Gasteiger partial charge < -0.3 is 19.4 Å². The normalized spacial score (nSPS) is 14.7. The van der Waals surface area contributed by atoms with Crippen molar-refractivity contribution in [3.63, 3.8) is 0 Å². The molecular formula is C28H33N5O3. The van der Waals surface area contributed by atoms with Gasteiger partial charge in [0.1, 0.15) is 13.2 Å². The van der Waals surface area contributed by atoms with Crippen LogP contribution < -0.4 is 4.90 Å². The fourth-order valence-electron chi connectivity index (χ4n) is 4.46. The second-order valence-electron chi connectivity index (χ2n) is 8.91. The lowest BCUT2D eigenvalue weighted by atomic mass is 10.1. The van der Waals surface area contributed by atoms with Gasteiger partial charge in [-0.1, -0.05) is 60.7 Å². The maximum atomic E-state index is 13.3. The summed E-state index contributed by atoms with van der Waals surface area (Å²) in [4.78, 5) is 31.7. The number of carbonyl (C=O) groups is 2. The third-order valence-corrected chi connectivity index (χ3v) is 6.54. The molecule has 1 aromatic heterocycles. The van der Waals surface area contributed by atoms with Crippen molar-refractivity contribution in [2.75, 3.05) is 51.3 Å². The zero-order chi connectivity index (χ0) is 25.3. The summed E-state index contributed by atoms with van der Waals surface area (Å²) < 4.78 is 5.08. The minimum Gasteiger partial charge on any atom is -0.375 e. The standard InChI is InChI=1S/C28H33N5O3/c1-22(23-10-5-3-6-11-23)33(28(35)21-36-2)20-27(34)32-17-9-16-31(18-19-32)26-15-14-25(29-30-26)24-12-7-4-8-13-24/h3-8,10-15,22H,9,16-21H2,1-2H3/t22-/m0/s1. The fourth-order valence-corrected chi connectivity index (χ4v) is 4.46. The van der Waals surface area contributed by atoms with Crippen LogP contribution >= 0.6 is 0 Å². The Hall–Kier alpha value is -3.78. The fraction of sp³-hybridized carbons (Fsp3) is 0.357. The molecule has 0 N–H and O–H groups in total. The number of amides is 2. The number of rotatable bonds is 8. The van der Waals surface area contributed by atoms with E-state index in [1.807, 2.05) is 84.6 Å². The average molecular weight is 488 g/mol. The maximum Gasteiger partial charge on any atom is 0.249 e. The number of hydrogen-bond donors (Lipinski definition) is 0. The first-order valence-electron chi connectivity index (χ1n) is 12.3. The van der Waals surface area contributed by atoms with Crippen molar-refractivity contribution >= 4 is 17.6 Å². The van der Waals surface area contributed by atoms with Crippen molar-refractivity contribution in [1.82, 2.24) is 20.0 Å². The molecule has 1 fully saturated rings. The van der Waals surface area contributed by atoms with Crippen LogP contribution in [0.25, 0.3) is 11.3 Å². The van der Waals surface area contributed by atoms with Crippen LogP contribution in [0.3, 0.4) is 0 Å². The van der Waals surface area contributed by atoms with Crippen molar-refractivity contribution in [3.8, 4) is 11.3 Å². The first kappa shape index (κ1) is 25.3. The Morgan fingerprint density at radius 2 is 1.64 bits per heavy atom. The average Bonchev–Trinajstić information content (AvgIpc) is 3.19. The zero-order valence-corrected chi connectivity index (χ0v) is 20.9. The van der Waals surface area contributed by atoms with E-state index in [0.29, 0.717) is 19.6 Å². The van der Waals surface area contributed by atoms with E-state index in [9.17, 15) is 9.59 Å². The molecule has 1 atom stereocenters. The Bertz CT molecular complexity index is 1120. The summed E-state index contributed by atoms with van der Waals surface area (Å²) in [7, 11) is 1.49. The predicted octanol–water partition coefficient (Wildman–Crippen LogP) is 3.42. The molecule has 0 radical (unpaired) electrons. The zero-order valence-electron chi connectivity index (χ0n) is 20.9. The quantitative estimate of drug-likeness (QED) is 0.485. The van der Waals surface area contributed by atoms with Gasteiger partial charge in [0.25, 0.3) is 0 Å². The molecule has 0 saturated carbocycles. The van der Waals surface area contributed by atoms with Crippen LogP contribution in [-0.4, -0.2) is 78.3 Å². The second kappa shape index (κ2) is 12.3. The predicted molar refractivity (Wildman–Crippen MR) is 139 cm³/mol. The molecule has 0 spiro atoms. The number of anilines is 1. The molecule has 188 valence electrons. The number of aromatic nitrogens is 2. The van der Waals surface area contributed by atoms with Crippen molar-refractivity contribution < 1.29 is 14.3 Å². The van der Waals surface area contributed by atoms with E-state index in [4.69, 9.17) is 4.74 Å². The molecule has 2 aromatic carbocycles. The van der Waals surface area contributed by atoms with E-state index in [0.717, 1.165) is 35.6 Å². The van der Waals surface area contributed by atoms with Crippen molar-refractivity contribution in [3.05, 3.63) is 78.4 Å². The lowest BCUT2D eigenvalue weighted by molar-refractivity contribution is -0.144. The van der Waals surface area contributed by atoms with Crippen LogP contribution in [0.2, 0.25) is 0 Å². The van der Waals surface area contributed by atoms with Gasteiger partial charge in [0.15, 0.2) is 5.82 Å². The van der Waals surface area contributed by atoms with Crippen molar-refractivity contribution in [2.24, 2.45) is 0 Å². The molecule has 8 heteroatoms. The van der Waals surface area contributed by atoms with Gasteiger partial charge in [0, 0.05) is 38.9 Å². The van der Waals surface area contributed by atoms with E-state index in [1.54, 1.807) is 4.90 Å². The summed E-state index contributed by atoms with van der Waals surface area (Å²) in [5.74, 6) is 0.542. The molecule has 4 rings (SSSR count). The van der Waals surface area contributed by atoms with Crippen LogP contribution in [-0.2, 0) is 14.3 Å². The van der Waals surface area contributed by atoms with Crippen LogP contribution in [0.15, 0.2) is 72.8 Å². The molecule has 0 unspecified atom stereocenters. The topological polar surface area (TPSA) is 78.9 Å². The highest BCUT2D eigenvalue weighted by Gasteiger charge is 2.27. The van der Waals surface area contributed by atoms with Gasteiger partial charge in [-0.05, 0) is 31.0 Å². The molecule has 36 heavy (non-hydrogen) atoms. The third kappa shape index (κ3) is 6.26. The Morgan fingerprint density at radius 3 is 2.31 bits per heavy atom. The molecule has 3 aromatic rings. The van der Waals surface area contributed by atoms with Gasteiger partial charge in [0.05, 0.1) is 11.7 Å². The molecule has 1 aliphatic rings. The summed E-state index contributed by atoms with van der Waals surface area (Å²) in [5.41, 5.74) is 2.84. The molecule has 2 amide bonds. The molecule has 0 bridgehead atoms. The van der Waals surface area contributed by atoms with Crippen LogP contribution in [0.5, 0.6) is 0 Å². The van der Waals surface area contributed by atoms with Gasteiger partial charge in [0.2, 0.25) is 11.8 Å². The van der Waals surface area contributed by atoms with Gasteiger partial charge in [-0.25, -0.2) is 0 Å². The van der Waals surface area contributed by atoms with Gasteiger partial charge >= 0.3 is 0 Å². The molecule has 1 saturated heterocycles. The molecule has 8 nitrogen and oxygen atoms in total. The van der Waals surface area contributed by atoms with Gasteiger partial charge in [-0.15, -0.1) is 10.2 Å². The number of ether oxygens (including phenoxy) is 1. The Morgan fingerprint density at radius 1 is 0.917 bits per heavy atom. The lowest BCUT2D eigenvalue weighted by Crippen LogP contribution is -2.46. The summed E-state index contributed by atoms with van der Waals surface area (Å²) in [6.45, 7) is 4.54. The summed E-state index contributed by atoms with van der Waals surface area (Å²) in [5, 5.41) is 8.85. The number of methoxy groups -OCH3 is 1. The molecule has 1 aliphatic heterocycles. The monoisotopic (exact) mass is 487 g/mol. The molecule has 2 heterocycles. The van der Waals surface area contributed by atoms with Gasteiger partial charge in [-0.3, -0.25) is 9.59 Å². The largest absolute Gasteiger partial charge is 0.375 e. The third-order valence-electron chi connectivity index (χ3n) is 6.54. The number of nitrogens with zero attached hydrogens (tertiary/aromatic N) is 5. The van der Waals surface area contributed by atoms with Crippen molar-refractivity contribution in [2.45, 2.75) is 19.4 Å². The van der Waals surface area contributed by atoms with Crippen LogP contribution in [0.1, 0.15) is 24.9 Å². The minimum atomic E-state index is -0.236. The molecule has 0 aliphatic carbocycles. The van der Waals surface area contributed by atoms with E-state index in [-0.39, 0.29) is 31.0 Å². The Balaban J connectivity index is 1.39. The summed E-state index contributed by atoms with van der Waals surface area (Å²) in [6.07, 6.45) is 0.814. The summed E-state index contributed by atoms with van der Waals surface area (Å²) >= 11 is 0. The SMILES string of the molecule is COCC(=O)N(CC(=O)N1CCCN(c2ccc(-c3ccccc3)nn2)CC1)[C@@H](C)c1ccccc1. The second-order valence-corrected chi connectivity index (χ2v) is 8.91. The van der Waals surface area contributed by atoms with E-state index >= 15 is 0 Å². The van der Waals surface area contributed by atoms with E-state index in [1.165, 1.54) is 7.11 Å². The smallest absolute Gasteiger partial charge is 0.249 e. The highest BCUT2D eigenvalue weighted by atomic mass is 16.5. The highest BCUT2D eigenvalue weighted by molar-refractivity contribution is 5.85. The molecular weight excluding hydrogens is 454 g/mol. The van der Waals surface area contributed by atoms with Crippen LogP contribution in [0.4, 0.5) is 5.82 Å². The van der Waals surface area contributed by atoms with Crippen LogP contribution in [0, 0.1) is 0 Å². The van der Waals surface area contributed by atoms with Gasteiger partial charge in [-0.2, -0.15) is 0 Å². The number of benzene rings is 2. The minimum absolute atomic E-state index is 0.0177. The summed E-state index contributed by atoms with van der Waals surface area (Å²) in [6, 6.07) is 23.4. The Labute approximate surface area is 212 Å².